The monoisotopic (exact) mass is 520 g/mol. The van der Waals surface area contributed by atoms with Crippen LogP contribution in [0.1, 0.15) is 60.4 Å². The highest BCUT2D eigenvalue weighted by molar-refractivity contribution is 5.98. The molecule has 0 atom stereocenters. The van der Waals surface area contributed by atoms with Gasteiger partial charge in [0.2, 0.25) is 0 Å². The summed E-state index contributed by atoms with van der Waals surface area (Å²) in [6.45, 7) is 7.17. The molecule has 0 fully saturated rings. The zero-order valence-corrected chi connectivity index (χ0v) is 21.4. The van der Waals surface area contributed by atoms with Crippen LogP contribution in [0.4, 0.5) is 23.7 Å². The van der Waals surface area contributed by atoms with Gasteiger partial charge >= 0.3 is 23.9 Å². The smallest absolute Gasteiger partial charge is 0.415 e. The number of ketones is 1. The lowest BCUT2D eigenvalue weighted by Crippen LogP contribution is -2.40. The lowest BCUT2D eigenvalue weighted by molar-refractivity contribution is -0.497. The molecule has 1 aromatic carbocycles. The number of pyridine rings is 1. The van der Waals surface area contributed by atoms with E-state index in [1.807, 2.05) is 0 Å². The third-order valence-corrected chi connectivity index (χ3v) is 5.51. The van der Waals surface area contributed by atoms with Crippen LogP contribution in [0.2, 0.25) is 0 Å². The predicted molar refractivity (Wildman–Crippen MR) is 130 cm³/mol. The van der Waals surface area contributed by atoms with Gasteiger partial charge < -0.3 is 9.47 Å². The van der Waals surface area contributed by atoms with Crippen molar-refractivity contribution in [2.45, 2.75) is 52.8 Å². The minimum atomic E-state index is -4.52. The van der Waals surface area contributed by atoms with Crippen LogP contribution in [0.15, 0.2) is 36.7 Å². The number of Topliss-reactive ketones (excluding diaryl/α,β-unsaturated/α-hetero) is 1. The highest BCUT2D eigenvalue weighted by atomic mass is 19.4. The number of carbonyl (C=O) groups excluding carboxylic acids is 3. The first kappa shape index (κ1) is 27.7. The summed E-state index contributed by atoms with van der Waals surface area (Å²) in [4.78, 5) is 41.3. The number of aromatic nitrogens is 2. The number of amides is 1. The Morgan fingerprint density at radius 1 is 1.11 bits per heavy atom. The molecular weight excluding hydrogens is 491 g/mol. The summed E-state index contributed by atoms with van der Waals surface area (Å²) in [5.74, 6) is -0.838. The van der Waals surface area contributed by atoms with Crippen LogP contribution in [0, 0.1) is 6.92 Å². The Labute approximate surface area is 212 Å². The van der Waals surface area contributed by atoms with E-state index in [-0.39, 0.29) is 22.7 Å². The molecule has 2 aromatic heterocycles. The SMILES string of the molecule is COC(=O)c1ccc(-c2c[nH]c3c(N(CCC(F)(F)F)C(=O)OC(C)(C)C)cc(C(C)=O)c[n+]23)cc1C. The lowest BCUT2D eigenvalue weighted by atomic mass is 10.0. The number of aryl methyl sites for hydroxylation is 1. The molecule has 0 saturated heterocycles. The van der Waals surface area contributed by atoms with Gasteiger partial charge in [0.25, 0.3) is 0 Å². The number of hydrogen-bond acceptors (Lipinski definition) is 5. The molecule has 1 N–H and O–H groups in total. The number of aromatic amines is 1. The molecule has 3 aromatic rings. The highest BCUT2D eigenvalue weighted by Gasteiger charge is 2.34. The molecule has 0 aliphatic rings. The van der Waals surface area contributed by atoms with E-state index in [9.17, 15) is 27.6 Å². The maximum atomic E-state index is 13.2. The molecule has 3 rings (SSSR count). The predicted octanol–water partition coefficient (Wildman–Crippen LogP) is 5.41. The lowest BCUT2D eigenvalue weighted by Gasteiger charge is -2.27. The Morgan fingerprint density at radius 3 is 2.32 bits per heavy atom. The van der Waals surface area contributed by atoms with Crippen LogP contribution in [0.5, 0.6) is 0 Å². The van der Waals surface area contributed by atoms with E-state index in [0.29, 0.717) is 22.4 Å². The van der Waals surface area contributed by atoms with E-state index in [2.05, 4.69) is 4.98 Å². The summed E-state index contributed by atoms with van der Waals surface area (Å²) in [7, 11) is 1.28. The van der Waals surface area contributed by atoms with E-state index in [4.69, 9.17) is 9.47 Å². The number of carbonyl (C=O) groups is 3. The number of esters is 1. The second-order valence-corrected chi connectivity index (χ2v) is 9.58. The minimum Gasteiger partial charge on any atom is -0.465 e. The number of ether oxygens (including phenoxy) is 2. The quantitative estimate of drug-likeness (QED) is 0.267. The van der Waals surface area contributed by atoms with Crippen LogP contribution in [-0.2, 0) is 9.47 Å². The second kappa shape index (κ2) is 10.2. The summed E-state index contributed by atoms with van der Waals surface area (Å²) in [6.07, 6.45) is -3.64. The van der Waals surface area contributed by atoms with Crippen molar-refractivity contribution >= 4 is 29.2 Å². The zero-order chi connectivity index (χ0) is 27.7. The standard InChI is InChI=1S/C26H28F3N3O5/c1-15-11-17(7-8-19(15)23(34)36-6)21-13-30-22-20(12-18(16(2)33)14-32(21)22)31(10-9-26(27,28)29)24(35)37-25(3,4)5/h7-8,11-14H,9-10H2,1-6H3/p+1. The molecule has 0 aliphatic heterocycles. The fourth-order valence-corrected chi connectivity index (χ4v) is 3.77. The van der Waals surface area contributed by atoms with Gasteiger partial charge in [0, 0.05) is 12.1 Å². The van der Waals surface area contributed by atoms with Crippen LogP contribution in [-0.4, -0.2) is 48.3 Å². The summed E-state index contributed by atoms with van der Waals surface area (Å²) in [5.41, 5.74) is 1.79. The van der Waals surface area contributed by atoms with Gasteiger partial charge in [-0.05, 0) is 64.4 Å². The average Bonchev–Trinajstić information content (AvgIpc) is 3.20. The third-order valence-electron chi connectivity index (χ3n) is 5.51. The molecule has 37 heavy (non-hydrogen) atoms. The summed E-state index contributed by atoms with van der Waals surface area (Å²) < 4.78 is 51.2. The molecule has 0 unspecified atom stereocenters. The van der Waals surface area contributed by atoms with Gasteiger partial charge in [0.1, 0.15) is 23.7 Å². The highest BCUT2D eigenvalue weighted by Crippen LogP contribution is 2.29. The molecule has 11 heteroatoms. The number of nitrogens with zero attached hydrogens (tertiary/aromatic N) is 2. The van der Waals surface area contributed by atoms with Crippen molar-refractivity contribution in [2.75, 3.05) is 18.6 Å². The number of nitrogens with one attached hydrogen (secondary N) is 1. The third kappa shape index (κ3) is 6.46. The van der Waals surface area contributed by atoms with E-state index in [0.717, 1.165) is 4.90 Å². The van der Waals surface area contributed by atoms with Gasteiger partial charge in [0.05, 0.1) is 24.7 Å². The molecule has 0 spiro atoms. The Bertz CT molecular complexity index is 1360. The first-order valence-electron chi connectivity index (χ1n) is 11.5. The largest absolute Gasteiger partial charge is 0.465 e. The number of hydrogen-bond donors (Lipinski definition) is 1. The Hall–Kier alpha value is -3.89. The first-order chi connectivity index (χ1) is 17.1. The molecule has 2 heterocycles. The fraction of sp³-hybridized carbons (Fsp3) is 0.385. The molecule has 198 valence electrons. The van der Waals surface area contributed by atoms with Crippen molar-refractivity contribution in [3.63, 3.8) is 0 Å². The van der Waals surface area contributed by atoms with E-state index in [1.165, 1.54) is 26.3 Å². The van der Waals surface area contributed by atoms with Crippen molar-refractivity contribution in [1.29, 1.82) is 0 Å². The van der Waals surface area contributed by atoms with Crippen LogP contribution < -0.4 is 9.30 Å². The normalized spacial score (nSPS) is 11.9. The molecular formula is C26H29F3N3O5+. The van der Waals surface area contributed by atoms with E-state index < -0.39 is 36.8 Å². The summed E-state index contributed by atoms with van der Waals surface area (Å²) in [5, 5.41) is 0. The Balaban J connectivity index is 2.21. The Kier molecular flexibility index (Phi) is 7.66. The minimum absolute atomic E-state index is 0.0559. The number of methoxy groups -OCH3 is 1. The van der Waals surface area contributed by atoms with Crippen molar-refractivity contribution < 1.29 is 41.4 Å². The number of H-pyrrole nitrogens is 1. The summed E-state index contributed by atoms with van der Waals surface area (Å²) >= 11 is 0. The molecule has 0 bridgehead atoms. The van der Waals surface area contributed by atoms with Crippen LogP contribution in [0.3, 0.4) is 0 Å². The topological polar surface area (TPSA) is 92.8 Å². The van der Waals surface area contributed by atoms with E-state index in [1.54, 1.807) is 56.5 Å². The van der Waals surface area contributed by atoms with Crippen molar-refractivity contribution in [2.24, 2.45) is 0 Å². The fourth-order valence-electron chi connectivity index (χ4n) is 3.77. The second-order valence-electron chi connectivity index (χ2n) is 9.58. The molecule has 1 amide bonds. The van der Waals surface area contributed by atoms with Gasteiger partial charge in [-0.1, -0.05) is 0 Å². The number of fused-ring (bicyclic) bond motifs is 1. The maximum Gasteiger partial charge on any atom is 0.415 e. The number of imidazole rings is 1. The molecule has 0 radical (unpaired) electrons. The number of anilines is 1. The number of benzene rings is 1. The average molecular weight is 521 g/mol. The van der Waals surface area contributed by atoms with Gasteiger partial charge in [0.15, 0.2) is 11.5 Å². The molecule has 8 nitrogen and oxygen atoms in total. The molecule has 0 saturated carbocycles. The van der Waals surface area contributed by atoms with Crippen LogP contribution in [0.25, 0.3) is 16.9 Å². The van der Waals surface area contributed by atoms with Crippen molar-refractivity contribution in [3.8, 4) is 11.3 Å². The molecule has 0 aliphatic carbocycles. The van der Waals surface area contributed by atoms with Gasteiger partial charge in [-0.25, -0.2) is 14.6 Å². The zero-order valence-electron chi connectivity index (χ0n) is 21.4. The van der Waals surface area contributed by atoms with Crippen molar-refractivity contribution in [3.05, 3.63) is 53.3 Å². The number of halogens is 3. The van der Waals surface area contributed by atoms with E-state index >= 15 is 0 Å². The number of rotatable bonds is 6. The van der Waals surface area contributed by atoms with Crippen LogP contribution >= 0.6 is 0 Å². The first-order valence-corrected chi connectivity index (χ1v) is 11.5. The van der Waals surface area contributed by atoms with Crippen molar-refractivity contribution in [1.82, 2.24) is 4.98 Å². The number of alkyl halides is 3. The Morgan fingerprint density at radius 2 is 1.78 bits per heavy atom. The van der Waals surface area contributed by atoms with Gasteiger partial charge in [-0.2, -0.15) is 17.6 Å². The van der Waals surface area contributed by atoms with Gasteiger partial charge in [-0.15, -0.1) is 0 Å². The maximum absolute atomic E-state index is 13.2. The van der Waals surface area contributed by atoms with Gasteiger partial charge in [-0.3, -0.25) is 9.69 Å². The summed E-state index contributed by atoms with van der Waals surface area (Å²) in [6, 6.07) is 6.40.